The van der Waals surface area contributed by atoms with Gasteiger partial charge in [-0.05, 0) is 6.42 Å². The molecule has 9 nitrogen and oxygen atoms in total. The number of aliphatic hydroxyl groups excluding tert-OH is 6. The van der Waals surface area contributed by atoms with Crippen molar-refractivity contribution in [1.82, 2.24) is 5.32 Å². The van der Waals surface area contributed by atoms with Gasteiger partial charge < -0.3 is 40.7 Å². The SMILES string of the molecule is CCCCCCCCCCCCCC[C@H](O)[C@@H](O)[C@H](/C=C/[C@H]1OC(CO)[C@H](O)[C@H](O)C1O)NC(C)=O. The molecule has 8 atom stereocenters. The van der Waals surface area contributed by atoms with E-state index >= 15 is 0 Å². The van der Waals surface area contributed by atoms with Crippen LogP contribution in [0.25, 0.3) is 0 Å². The first kappa shape index (κ1) is 33.0. The summed E-state index contributed by atoms with van der Waals surface area (Å²) in [6.45, 7) is 2.97. The van der Waals surface area contributed by atoms with Crippen LogP contribution in [0.5, 0.6) is 0 Å². The molecule has 1 fully saturated rings. The Morgan fingerprint density at radius 3 is 1.89 bits per heavy atom. The summed E-state index contributed by atoms with van der Waals surface area (Å²) in [6, 6.07) is -0.942. The lowest BCUT2D eigenvalue weighted by atomic mass is 9.93. The molecular weight excluding hydrogens is 466 g/mol. The lowest BCUT2D eigenvalue weighted by molar-refractivity contribution is -0.216. The van der Waals surface area contributed by atoms with Gasteiger partial charge in [0.1, 0.15) is 36.6 Å². The van der Waals surface area contributed by atoms with Crippen LogP contribution in [0.1, 0.15) is 97.3 Å². The molecule has 212 valence electrons. The number of ether oxygens (including phenoxy) is 1. The second kappa shape index (κ2) is 19.1. The number of carbonyl (C=O) groups excluding carboxylic acids is 1. The maximum absolute atomic E-state index is 11.6. The third-order valence-corrected chi connectivity index (χ3v) is 6.92. The maximum Gasteiger partial charge on any atom is 0.217 e. The molecule has 0 aliphatic carbocycles. The van der Waals surface area contributed by atoms with Crippen LogP contribution in [0.4, 0.5) is 0 Å². The Morgan fingerprint density at radius 1 is 0.861 bits per heavy atom. The Morgan fingerprint density at radius 2 is 1.39 bits per heavy atom. The average molecular weight is 518 g/mol. The van der Waals surface area contributed by atoms with Crippen molar-refractivity contribution < 1.29 is 40.2 Å². The van der Waals surface area contributed by atoms with Crippen molar-refractivity contribution in [3.8, 4) is 0 Å². The summed E-state index contributed by atoms with van der Waals surface area (Å²) in [7, 11) is 0. The molecule has 1 amide bonds. The van der Waals surface area contributed by atoms with E-state index in [2.05, 4.69) is 12.2 Å². The van der Waals surface area contributed by atoms with Gasteiger partial charge in [-0.2, -0.15) is 0 Å². The van der Waals surface area contributed by atoms with Crippen molar-refractivity contribution in [3.63, 3.8) is 0 Å². The molecule has 0 spiro atoms. The average Bonchev–Trinajstić information content (AvgIpc) is 2.86. The molecule has 0 bridgehead atoms. The van der Waals surface area contributed by atoms with E-state index in [-0.39, 0.29) is 0 Å². The number of aliphatic hydroxyl groups is 6. The Hall–Kier alpha value is -1.07. The van der Waals surface area contributed by atoms with Crippen molar-refractivity contribution in [3.05, 3.63) is 12.2 Å². The van der Waals surface area contributed by atoms with Crippen LogP contribution in [0.3, 0.4) is 0 Å². The van der Waals surface area contributed by atoms with Crippen molar-refractivity contribution in [2.75, 3.05) is 6.61 Å². The highest BCUT2D eigenvalue weighted by Crippen LogP contribution is 2.22. The van der Waals surface area contributed by atoms with E-state index in [1.807, 2.05) is 0 Å². The van der Waals surface area contributed by atoms with Crippen LogP contribution >= 0.6 is 0 Å². The minimum absolute atomic E-state index is 0.391. The zero-order chi connectivity index (χ0) is 26.9. The van der Waals surface area contributed by atoms with Gasteiger partial charge in [0.25, 0.3) is 0 Å². The molecule has 0 aromatic carbocycles. The van der Waals surface area contributed by atoms with E-state index in [4.69, 9.17) is 4.74 Å². The van der Waals surface area contributed by atoms with Gasteiger partial charge in [-0.1, -0.05) is 96.1 Å². The first-order valence-electron chi connectivity index (χ1n) is 13.8. The first-order chi connectivity index (χ1) is 17.2. The fraction of sp³-hybridized carbons (Fsp3) is 0.889. The molecule has 1 aliphatic rings. The molecular formula is C27H51NO8. The number of rotatable bonds is 19. The van der Waals surface area contributed by atoms with E-state index in [9.17, 15) is 35.4 Å². The van der Waals surface area contributed by atoms with Crippen LogP contribution in [0.2, 0.25) is 0 Å². The molecule has 1 heterocycles. The smallest absolute Gasteiger partial charge is 0.217 e. The molecule has 0 aromatic heterocycles. The number of amides is 1. The predicted octanol–water partition coefficient (Wildman–Crippen LogP) is 1.70. The molecule has 0 saturated carbocycles. The fourth-order valence-electron chi connectivity index (χ4n) is 4.61. The Balaban J connectivity index is 2.41. The summed E-state index contributed by atoms with van der Waals surface area (Å²) < 4.78 is 5.42. The summed E-state index contributed by atoms with van der Waals surface area (Å²) in [5.41, 5.74) is 0. The van der Waals surface area contributed by atoms with Crippen molar-refractivity contribution >= 4 is 5.91 Å². The molecule has 2 unspecified atom stereocenters. The third-order valence-electron chi connectivity index (χ3n) is 6.92. The highest BCUT2D eigenvalue weighted by atomic mass is 16.5. The van der Waals surface area contributed by atoms with Gasteiger partial charge in [0, 0.05) is 6.92 Å². The normalized spacial score (nSPS) is 27.2. The molecule has 1 aliphatic heterocycles. The number of nitrogens with one attached hydrogen (secondary N) is 1. The summed E-state index contributed by atoms with van der Waals surface area (Å²) in [5.74, 6) is -0.407. The Bertz CT molecular complexity index is 602. The van der Waals surface area contributed by atoms with Crippen molar-refractivity contribution in [2.45, 2.75) is 146 Å². The van der Waals surface area contributed by atoms with Crippen molar-refractivity contribution in [1.29, 1.82) is 0 Å². The zero-order valence-electron chi connectivity index (χ0n) is 22.2. The molecule has 1 rings (SSSR count). The second-order valence-corrected chi connectivity index (χ2v) is 10.1. The largest absolute Gasteiger partial charge is 0.394 e. The van der Waals surface area contributed by atoms with Crippen LogP contribution in [0, 0.1) is 0 Å². The van der Waals surface area contributed by atoms with Gasteiger partial charge in [-0.15, -0.1) is 0 Å². The van der Waals surface area contributed by atoms with Gasteiger partial charge in [-0.25, -0.2) is 0 Å². The molecule has 36 heavy (non-hydrogen) atoms. The van der Waals surface area contributed by atoms with E-state index < -0.39 is 61.3 Å². The minimum atomic E-state index is -1.52. The number of carbonyl (C=O) groups is 1. The minimum Gasteiger partial charge on any atom is -0.394 e. The van der Waals surface area contributed by atoms with Crippen LogP contribution < -0.4 is 5.32 Å². The molecule has 1 saturated heterocycles. The lowest BCUT2D eigenvalue weighted by Gasteiger charge is -2.39. The van der Waals surface area contributed by atoms with Crippen LogP contribution in [0.15, 0.2) is 12.2 Å². The standard InChI is InChI=1S/C27H51NO8/c1-3-4-5-6-7-8-9-10-11-12-13-14-15-21(31)24(32)20(28-19(2)30)16-17-22-25(33)27(35)26(34)23(18-29)36-22/h16-17,20-27,29,31-35H,3-15,18H2,1-2H3,(H,28,30)/b17-16+/t20-,21-,22+,23?,24-,25?,26-,27+/m0/s1. The summed E-state index contributed by atoms with van der Waals surface area (Å²) in [4.78, 5) is 11.6. The molecule has 0 radical (unpaired) electrons. The van der Waals surface area contributed by atoms with E-state index in [1.54, 1.807) is 0 Å². The van der Waals surface area contributed by atoms with Gasteiger partial charge >= 0.3 is 0 Å². The van der Waals surface area contributed by atoms with Gasteiger partial charge in [0.15, 0.2) is 0 Å². The van der Waals surface area contributed by atoms with E-state index in [0.717, 1.165) is 19.3 Å². The van der Waals surface area contributed by atoms with Crippen LogP contribution in [-0.4, -0.2) is 91.9 Å². The fourth-order valence-corrected chi connectivity index (χ4v) is 4.61. The quantitative estimate of drug-likeness (QED) is 0.101. The summed E-state index contributed by atoms with van der Waals surface area (Å²) >= 11 is 0. The predicted molar refractivity (Wildman–Crippen MR) is 138 cm³/mol. The molecule has 9 heteroatoms. The molecule has 0 aromatic rings. The highest BCUT2D eigenvalue weighted by molar-refractivity contribution is 5.73. The van der Waals surface area contributed by atoms with Gasteiger partial charge in [0.2, 0.25) is 5.91 Å². The summed E-state index contributed by atoms with van der Waals surface area (Å²) in [6.07, 6.45) is 8.63. The van der Waals surface area contributed by atoms with Crippen LogP contribution in [-0.2, 0) is 9.53 Å². The second-order valence-electron chi connectivity index (χ2n) is 10.1. The number of hydrogen-bond acceptors (Lipinski definition) is 8. The van der Waals surface area contributed by atoms with Gasteiger partial charge in [-0.3, -0.25) is 4.79 Å². The lowest BCUT2D eigenvalue weighted by Crippen LogP contribution is -2.58. The summed E-state index contributed by atoms with van der Waals surface area (Å²) in [5, 5.41) is 63.0. The van der Waals surface area contributed by atoms with Gasteiger partial charge in [0.05, 0.1) is 18.8 Å². The number of hydrogen-bond donors (Lipinski definition) is 7. The highest BCUT2D eigenvalue weighted by Gasteiger charge is 2.42. The third kappa shape index (κ3) is 12.4. The topological polar surface area (TPSA) is 160 Å². The van der Waals surface area contributed by atoms with Crippen molar-refractivity contribution in [2.24, 2.45) is 0 Å². The van der Waals surface area contributed by atoms with E-state index in [1.165, 1.54) is 76.9 Å². The van der Waals surface area contributed by atoms with E-state index in [0.29, 0.717) is 6.42 Å². The maximum atomic E-state index is 11.6. The zero-order valence-corrected chi connectivity index (χ0v) is 22.2. The monoisotopic (exact) mass is 517 g/mol. The molecule has 7 N–H and O–H groups in total. The Kier molecular flexibility index (Phi) is 17.5. The number of unbranched alkanes of at least 4 members (excludes halogenated alkanes) is 11. The first-order valence-corrected chi connectivity index (χ1v) is 13.8. The Labute approximate surface area is 216 Å².